The number of hydrogen-bond donors (Lipinski definition) is 0. The number of aromatic nitrogens is 4. The maximum atomic E-state index is 4.79. The first kappa shape index (κ1) is 25.9. The van der Waals surface area contributed by atoms with Crippen molar-refractivity contribution in [2.45, 2.75) is 79.2 Å². The summed E-state index contributed by atoms with van der Waals surface area (Å²) in [5, 5.41) is 0. The Labute approximate surface area is 215 Å². The quantitative estimate of drug-likeness (QED) is 0.154. The van der Waals surface area contributed by atoms with E-state index in [-0.39, 0.29) is 0 Å². The van der Waals surface area contributed by atoms with Crippen molar-refractivity contribution in [3.8, 4) is 11.3 Å². The molecule has 0 fully saturated rings. The summed E-state index contributed by atoms with van der Waals surface area (Å²) in [6, 6.07) is 19.9. The van der Waals surface area contributed by atoms with Gasteiger partial charge in [0.1, 0.15) is 0 Å². The zero-order chi connectivity index (χ0) is 24.5. The number of unbranched alkanes of at least 4 members (excludes halogenated alkanes) is 3. The second-order valence-corrected chi connectivity index (χ2v) is 23.2. The monoisotopic (exact) mass is 576 g/mol. The van der Waals surface area contributed by atoms with Crippen molar-refractivity contribution in [2.24, 2.45) is 0 Å². The Morgan fingerprint density at radius 1 is 0.743 bits per heavy atom. The van der Waals surface area contributed by atoms with Crippen LogP contribution < -0.4 is 3.58 Å². The van der Waals surface area contributed by atoms with Crippen molar-refractivity contribution >= 4 is 33.1 Å². The van der Waals surface area contributed by atoms with Gasteiger partial charge in [-0.05, 0) is 0 Å². The predicted octanol–water partition coefficient (Wildman–Crippen LogP) is 7.60. The van der Waals surface area contributed by atoms with Crippen molar-refractivity contribution in [1.29, 1.82) is 0 Å². The van der Waals surface area contributed by atoms with E-state index in [4.69, 9.17) is 9.97 Å². The molecule has 2 heterocycles. The second kappa shape index (κ2) is 12.7. The minimum atomic E-state index is -2.52. The van der Waals surface area contributed by atoms with Gasteiger partial charge in [-0.3, -0.25) is 0 Å². The van der Waals surface area contributed by atoms with Crippen molar-refractivity contribution < 1.29 is 0 Å². The number of rotatable bonds is 13. The van der Waals surface area contributed by atoms with Gasteiger partial charge in [-0.25, -0.2) is 0 Å². The summed E-state index contributed by atoms with van der Waals surface area (Å²) in [4.78, 5) is 14.1. The molecule has 0 atom stereocenters. The molecule has 0 N–H and O–H groups in total. The molecule has 0 amide bonds. The summed E-state index contributed by atoms with van der Waals surface area (Å²) < 4.78 is 8.23. The number of nitrogens with zero attached hydrogens (tertiary/aromatic N) is 4. The van der Waals surface area contributed by atoms with Gasteiger partial charge < -0.3 is 0 Å². The van der Waals surface area contributed by atoms with Gasteiger partial charge in [0.25, 0.3) is 0 Å². The van der Waals surface area contributed by atoms with Gasteiger partial charge in [0.15, 0.2) is 0 Å². The maximum absolute atomic E-state index is 4.79. The molecule has 35 heavy (non-hydrogen) atoms. The fourth-order valence-electron chi connectivity index (χ4n) is 5.34. The summed E-state index contributed by atoms with van der Waals surface area (Å²) in [6.45, 7) is 7.79. The Balaban J connectivity index is 1.73. The average Bonchev–Trinajstić information content (AvgIpc) is 3.32. The van der Waals surface area contributed by atoms with Crippen LogP contribution in [0, 0.1) is 0 Å². The Hall–Kier alpha value is -2.21. The molecule has 2 aromatic carbocycles. The number of hydrogen-bond acceptors (Lipinski definition) is 3. The topological polar surface area (TPSA) is 43.6 Å². The van der Waals surface area contributed by atoms with Crippen molar-refractivity contribution in [3.63, 3.8) is 0 Å². The molecule has 0 bridgehead atoms. The van der Waals surface area contributed by atoms with Crippen molar-refractivity contribution in [2.75, 3.05) is 0 Å². The molecule has 4 nitrogen and oxygen atoms in total. The van der Waals surface area contributed by atoms with Gasteiger partial charge in [-0.2, -0.15) is 0 Å². The summed E-state index contributed by atoms with van der Waals surface area (Å²) in [5.74, 6) is 0. The van der Waals surface area contributed by atoms with E-state index in [1.807, 2.05) is 6.33 Å². The molecule has 0 aliphatic carbocycles. The Bertz CT molecular complexity index is 1180. The molecule has 0 aliphatic heterocycles. The van der Waals surface area contributed by atoms with E-state index in [0.717, 1.165) is 23.4 Å². The molecule has 5 heteroatoms. The molecular formula is C30H40N4Sn. The summed E-state index contributed by atoms with van der Waals surface area (Å²) >= 11 is -2.52. The van der Waals surface area contributed by atoms with Crippen LogP contribution >= 0.6 is 0 Å². The van der Waals surface area contributed by atoms with Crippen LogP contribution in [0.2, 0.25) is 13.3 Å². The van der Waals surface area contributed by atoms with E-state index >= 15 is 0 Å². The zero-order valence-corrected chi connectivity index (χ0v) is 24.6. The minimum absolute atomic E-state index is 0.762. The van der Waals surface area contributed by atoms with Gasteiger partial charge in [0.2, 0.25) is 0 Å². The van der Waals surface area contributed by atoms with E-state index < -0.39 is 18.4 Å². The van der Waals surface area contributed by atoms with Crippen molar-refractivity contribution in [1.82, 2.24) is 19.5 Å². The standard InChI is InChI=1S/C18H13N4.3C4H9.Sn/c1-3-7-14(8-4-1)11-22-13-21-17-16(19-12-20-18(17)22)15-9-5-2-6-10-15;3*1-3-4-2;/h1-5,7-10,12-13H,11H2;3*1,3-4H2,2H3;. The molecule has 0 aliphatic rings. The Morgan fingerprint density at radius 3 is 2.09 bits per heavy atom. The van der Waals surface area contributed by atoms with Crippen LogP contribution in [0.4, 0.5) is 0 Å². The number of fused-ring (bicyclic) bond motifs is 1. The van der Waals surface area contributed by atoms with Gasteiger partial charge >= 0.3 is 216 Å². The van der Waals surface area contributed by atoms with Crippen LogP contribution in [-0.4, -0.2) is 37.9 Å². The Morgan fingerprint density at radius 2 is 1.43 bits per heavy atom. The molecule has 0 saturated heterocycles. The predicted molar refractivity (Wildman–Crippen MR) is 151 cm³/mol. The van der Waals surface area contributed by atoms with E-state index in [1.165, 1.54) is 63.0 Å². The van der Waals surface area contributed by atoms with Crippen LogP contribution in [0.5, 0.6) is 0 Å². The van der Waals surface area contributed by atoms with Gasteiger partial charge in [0.05, 0.1) is 0 Å². The first-order valence-electron chi connectivity index (χ1n) is 13.5. The molecule has 184 valence electrons. The molecular weight excluding hydrogens is 535 g/mol. The summed E-state index contributed by atoms with van der Waals surface area (Å²) in [7, 11) is 0. The van der Waals surface area contributed by atoms with Crippen LogP contribution in [0.1, 0.15) is 64.9 Å². The SMILES string of the molecule is CCC[CH2][Sn]([CH2]CCC)([CH2]CCC)[c]1cccc(-c2ncnc3c2ncn3Cc2ccccc2)c1. The molecule has 0 spiro atoms. The fraction of sp³-hybridized carbons (Fsp3) is 0.433. The molecule has 0 radical (unpaired) electrons. The van der Waals surface area contributed by atoms with Crippen LogP contribution in [-0.2, 0) is 6.54 Å². The summed E-state index contributed by atoms with van der Waals surface area (Å²) in [6.07, 6.45) is 11.6. The van der Waals surface area contributed by atoms with E-state index in [1.54, 1.807) is 9.91 Å². The first-order chi connectivity index (χ1) is 17.2. The van der Waals surface area contributed by atoms with Crippen molar-refractivity contribution in [3.05, 3.63) is 72.8 Å². The van der Waals surface area contributed by atoms with Gasteiger partial charge in [-0.15, -0.1) is 0 Å². The average molecular weight is 575 g/mol. The number of benzene rings is 2. The fourth-order valence-corrected chi connectivity index (χ4v) is 21.4. The van der Waals surface area contributed by atoms with E-state index in [9.17, 15) is 0 Å². The van der Waals surface area contributed by atoms with E-state index in [0.29, 0.717) is 0 Å². The Kier molecular flexibility index (Phi) is 9.36. The zero-order valence-electron chi connectivity index (χ0n) is 21.7. The third-order valence-electron chi connectivity index (χ3n) is 7.37. The number of imidazole rings is 1. The normalized spacial score (nSPS) is 11.9. The molecule has 0 unspecified atom stereocenters. The molecule has 4 rings (SSSR count). The molecule has 0 saturated carbocycles. The van der Waals surface area contributed by atoms with Gasteiger partial charge in [0, 0.05) is 0 Å². The van der Waals surface area contributed by atoms with Crippen LogP contribution in [0.25, 0.3) is 22.4 Å². The first-order valence-corrected chi connectivity index (χ1v) is 21.0. The second-order valence-electron chi connectivity index (χ2n) is 9.92. The third-order valence-corrected chi connectivity index (χ3v) is 23.0. The van der Waals surface area contributed by atoms with Gasteiger partial charge in [-0.1, -0.05) is 0 Å². The van der Waals surface area contributed by atoms with Crippen LogP contribution in [0.3, 0.4) is 0 Å². The van der Waals surface area contributed by atoms with E-state index in [2.05, 4.69) is 84.9 Å². The molecule has 2 aromatic heterocycles. The summed E-state index contributed by atoms with van der Waals surface area (Å²) in [5.41, 5.74) is 5.21. The molecule has 4 aromatic rings. The third kappa shape index (κ3) is 6.14. The van der Waals surface area contributed by atoms with Crippen LogP contribution in [0.15, 0.2) is 67.3 Å².